The number of nitro groups is 1. The van der Waals surface area contributed by atoms with Crippen LogP contribution in [0.15, 0.2) is 69.8 Å². The number of aryl methyl sites for hydroxylation is 1. The Kier molecular flexibility index (Phi) is 7.18. The normalized spacial score (nSPS) is 14.0. The van der Waals surface area contributed by atoms with Gasteiger partial charge in [-0.2, -0.15) is 0 Å². The molecule has 0 N–H and O–H groups in total. The maximum atomic E-state index is 12.4. The third-order valence-corrected chi connectivity index (χ3v) is 5.95. The Hall–Kier alpha value is -3.69. The van der Waals surface area contributed by atoms with Crippen LogP contribution >= 0.6 is 27.5 Å². The number of ether oxygens (including phenoxy) is 3. The molecule has 1 aliphatic rings. The Morgan fingerprint density at radius 2 is 1.91 bits per heavy atom. The smallest absolute Gasteiger partial charge is 0.363 e. The second-order valence-electron chi connectivity index (χ2n) is 7.54. The Bertz CT molecular complexity index is 1390. The van der Waals surface area contributed by atoms with Crippen LogP contribution in [0.25, 0.3) is 6.08 Å². The molecule has 10 heteroatoms. The van der Waals surface area contributed by atoms with Gasteiger partial charge in [0, 0.05) is 22.2 Å². The van der Waals surface area contributed by atoms with Gasteiger partial charge in [0.15, 0.2) is 17.2 Å². The minimum Gasteiger partial charge on any atom is -0.493 e. The van der Waals surface area contributed by atoms with E-state index in [0.29, 0.717) is 44.3 Å². The van der Waals surface area contributed by atoms with E-state index in [4.69, 9.17) is 25.8 Å². The highest BCUT2D eigenvalue weighted by molar-refractivity contribution is 9.10. The van der Waals surface area contributed by atoms with E-state index in [2.05, 4.69) is 20.9 Å². The summed E-state index contributed by atoms with van der Waals surface area (Å²) < 4.78 is 17.3. The van der Waals surface area contributed by atoms with Crippen molar-refractivity contribution in [2.45, 2.75) is 13.5 Å². The van der Waals surface area contributed by atoms with Crippen LogP contribution in [0.5, 0.6) is 11.5 Å². The lowest BCUT2D eigenvalue weighted by molar-refractivity contribution is -0.385. The van der Waals surface area contributed by atoms with Crippen molar-refractivity contribution in [1.82, 2.24) is 0 Å². The number of hydrogen-bond acceptors (Lipinski definition) is 7. The van der Waals surface area contributed by atoms with Crippen molar-refractivity contribution in [2.24, 2.45) is 4.99 Å². The number of esters is 1. The Morgan fingerprint density at radius 3 is 2.57 bits per heavy atom. The fraction of sp³-hybridized carbons (Fsp3) is 0.120. The average Bonchev–Trinajstić information content (AvgIpc) is 3.18. The van der Waals surface area contributed by atoms with Crippen LogP contribution in [0.1, 0.15) is 22.3 Å². The zero-order valence-corrected chi connectivity index (χ0v) is 20.9. The van der Waals surface area contributed by atoms with Crippen LogP contribution in [-0.4, -0.2) is 23.9 Å². The van der Waals surface area contributed by atoms with Gasteiger partial charge in [0.05, 0.1) is 16.5 Å². The molecule has 0 aromatic heterocycles. The average molecular weight is 558 g/mol. The van der Waals surface area contributed by atoms with E-state index in [-0.39, 0.29) is 17.3 Å². The fourth-order valence-corrected chi connectivity index (χ4v) is 4.08. The van der Waals surface area contributed by atoms with E-state index in [9.17, 15) is 14.9 Å². The predicted molar refractivity (Wildman–Crippen MR) is 135 cm³/mol. The van der Waals surface area contributed by atoms with E-state index in [1.165, 1.54) is 19.2 Å². The number of carbonyl (C=O) groups is 1. The molecule has 0 fully saturated rings. The molecule has 0 bridgehead atoms. The number of nitro benzene ring substituents is 1. The maximum absolute atomic E-state index is 12.4. The van der Waals surface area contributed by atoms with Crippen molar-refractivity contribution in [3.8, 4) is 11.5 Å². The van der Waals surface area contributed by atoms with Crippen molar-refractivity contribution in [3.05, 3.63) is 102 Å². The molecule has 0 unspecified atom stereocenters. The van der Waals surface area contributed by atoms with Gasteiger partial charge in [-0.15, -0.1) is 0 Å². The molecule has 1 heterocycles. The van der Waals surface area contributed by atoms with Crippen LogP contribution in [0, 0.1) is 17.0 Å². The molecular formula is C25H18BrClN2O6. The molecule has 178 valence electrons. The number of rotatable bonds is 7. The van der Waals surface area contributed by atoms with Crippen molar-refractivity contribution in [3.63, 3.8) is 0 Å². The highest BCUT2D eigenvalue weighted by atomic mass is 79.9. The summed E-state index contributed by atoms with van der Waals surface area (Å²) in [5, 5.41) is 11.7. The summed E-state index contributed by atoms with van der Waals surface area (Å²) in [6, 6.07) is 15.2. The lowest BCUT2D eigenvalue weighted by Gasteiger charge is -2.14. The third-order valence-electron chi connectivity index (χ3n) is 5.11. The first-order valence-corrected chi connectivity index (χ1v) is 11.4. The third kappa shape index (κ3) is 5.52. The minimum absolute atomic E-state index is 0.0234. The highest BCUT2D eigenvalue weighted by Gasteiger charge is 2.25. The molecule has 0 aliphatic carbocycles. The Morgan fingerprint density at radius 1 is 1.17 bits per heavy atom. The SMILES string of the molecule is COc1cc(/C=C2\N=C(c3ccc([N+](=O)[O-])c(C)c3)OC2=O)cc(Br)c1OCc1ccc(Cl)cc1. The van der Waals surface area contributed by atoms with Crippen LogP contribution in [0.2, 0.25) is 5.02 Å². The summed E-state index contributed by atoms with van der Waals surface area (Å²) in [4.78, 5) is 27.3. The molecule has 3 aromatic rings. The van der Waals surface area contributed by atoms with Gasteiger partial charge in [-0.25, -0.2) is 9.79 Å². The minimum atomic E-state index is -0.630. The van der Waals surface area contributed by atoms with E-state index in [1.807, 2.05) is 12.1 Å². The first-order chi connectivity index (χ1) is 16.7. The Labute approximate surface area is 214 Å². The van der Waals surface area contributed by atoms with Gasteiger partial charge in [-0.05, 0) is 76.5 Å². The quantitative estimate of drug-likeness (QED) is 0.147. The molecule has 8 nitrogen and oxygen atoms in total. The van der Waals surface area contributed by atoms with Gasteiger partial charge in [-0.3, -0.25) is 10.1 Å². The fourth-order valence-electron chi connectivity index (χ4n) is 3.38. The lowest BCUT2D eigenvalue weighted by atomic mass is 10.1. The predicted octanol–water partition coefficient (Wildman–Crippen LogP) is 6.25. The number of halogens is 2. The first-order valence-electron chi connectivity index (χ1n) is 10.3. The first kappa shape index (κ1) is 24.4. The lowest BCUT2D eigenvalue weighted by Crippen LogP contribution is -2.06. The van der Waals surface area contributed by atoms with Crippen molar-refractivity contribution in [2.75, 3.05) is 7.11 Å². The largest absolute Gasteiger partial charge is 0.493 e. The molecule has 4 rings (SSSR count). The second-order valence-corrected chi connectivity index (χ2v) is 8.83. The molecule has 0 spiro atoms. The summed E-state index contributed by atoms with van der Waals surface area (Å²) in [5.74, 6) is 0.410. The zero-order valence-electron chi connectivity index (χ0n) is 18.6. The molecular weight excluding hydrogens is 540 g/mol. The van der Waals surface area contributed by atoms with Gasteiger partial charge in [-0.1, -0.05) is 23.7 Å². The van der Waals surface area contributed by atoms with Crippen LogP contribution in [-0.2, 0) is 16.1 Å². The number of methoxy groups -OCH3 is 1. The zero-order chi connectivity index (χ0) is 25.1. The molecule has 0 amide bonds. The summed E-state index contributed by atoms with van der Waals surface area (Å²) in [5.41, 5.74) is 2.53. The number of nitrogens with zero attached hydrogens (tertiary/aromatic N) is 2. The van der Waals surface area contributed by atoms with Crippen molar-refractivity contribution < 1.29 is 23.9 Å². The van der Waals surface area contributed by atoms with Gasteiger partial charge < -0.3 is 14.2 Å². The van der Waals surface area contributed by atoms with Crippen LogP contribution in [0.3, 0.4) is 0 Å². The summed E-state index contributed by atoms with van der Waals surface area (Å²) in [6.45, 7) is 1.91. The summed E-state index contributed by atoms with van der Waals surface area (Å²) in [6.07, 6.45) is 1.56. The van der Waals surface area contributed by atoms with E-state index < -0.39 is 10.9 Å². The van der Waals surface area contributed by atoms with Gasteiger partial charge in [0.2, 0.25) is 5.90 Å². The molecule has 35 heavy (non-hydrogen) atoms. The number of cyclic esters (lactones) is 1. The summed E-state index contributed by atoms with van der Waals surface area (Å²) >= 11 is 9.43. The molecule has 0 atom stereocenters. The molecule has 3 aromatic carbocycles. The number of benzene rings is 3. The second kappa shape index (κ2) is 10.3. The van der Waals surface area contributed by atoms with Crippen LogP contribution < -0.4 is 9.47 Å². The van der Waals surface area contributed by atoms with E-state index in [1.54, 1.807) is 43.3 Å². The van der Waals surface area contributed by atoms with Crippen molar-refractivity contribution in [1.29, 1.82) is 0 Å². The van der Waals surface area contributed by atoms with Gasteiger partial charge in [0.25, 0.3) is 5.69 Å². The van der Waals surface area contributed by atoms with Gasteiger partial charge >= 0.3 is 5.97 Å². The Balaban J connectivity index is 1.58. The maximum Gasteiger partial charge on any atom is 0.363 e. The van der Waals surface area contributed by atoms with Gasteiger partial charge in [0.1, 0.15) is 6.61 Å². The monoisotopic (exact) mass is 556 g/mol. The highest BCUT2D eigenvalue weighted by Crippen LogP contribution is 2.38. The topological polar surface area (TPSA) is 100 Å². The molecule has 0 radical (unpaired) electrons. The molecule has 1 aliphatic heterocycles. The molecule has 0 saturated heterocycles. The van der Waals surface area contributed by atoms with E-state index in [0.717, 1.165) is 5.56 Å². The van der Waals surface area contributed by atoms with Crippen molar-refractivity contribution >= 4 is 51.2 Å². The number of hydrogen-bond donors (Lipinski definition) is 0. The number of aliphatic imine (C=N–C) groups is 1. The molecule has 0 saturated carbocycles. The standard InChI is InChI=1S/C25H18BrClN2O6/c1-14-9-17(5-8-21(14)29(31)32)24-28-20(25(30)35-24)11-16-10-19(26)23(22(12-16)33-2)34-13-15-3-6-18(27)7-4-15/h3-12H,13H2,1-2H3/b20-11-. The van der Waals surface area contributed by atoms with E-state index >= 15 is 0 Å². The van der Waals surface area contributed by atoms with Crippen LogP contribution in [0.4, 0.5) is 5.69 Å². The number of carbonyl (C=O) groups excluding carboxylic acids is 1. The summed E-state index contributed by atoms with van der Waals surface area (Å²) in [7, 11) is 1.52.